The topological polar surface area (TPSA) is 34.9 Å². The van der Waals surface area contributed by atoms with Crippen LogP contribution in [-0.2, 0) is 12.8 Å². The number of hydrogen-bond acceptors (Lipinski definition) is 4. The molecule has 0 spiro atoms. The van der Waals surface area contributed by atoms with Crippen LogP contribution in [0.15, 0.2) is 34.2 Å². The molecule has 3 aromatic rings. The first-order valence-corrected chi connectivity index (χ1v) is 11.2. The van der Waals surface area contributed by atoms with Gasteiger partial charge in [-0.2, -0.15) is 0 Å². The number of thiophene rings is 1. The van der Waals surface area contributed by atoms with E-state index < -0.39 is 0 Å². The second-order valence-corrected chi connectivity index (χ2v) is 9.47. The van der Waals surface area contributed by atoms with Crippen molar-refractivity contribution in [1.82, 2.24) is 9.55 Å². The predicted molar refractivity (Wildman–Crippen MR) is 112 cm³/mol. The molecule has 1 aliphatic carbocycles. The third kappa shape index (κ3) is 3.21. The van der Waals surface area contributed by atoms with Gasteiger partial charge in [-0.25, -0.2) is 4.98 Å². The van der Waals surface area contributed by atoms with E-state index in [1.54, 1.807) is 27.7 Å². The van der Waals surface area contributed by atoms with Crippen LogP contribution in [0.2, 0.25) is 5.02 Å². The minimum Gasteiger partial charge on any atom is -0.268 e. The number of halogens is 1. The van der Waals surface area contributed by atoms with E-state index in [1.807, 2.05) is 24.3 Å². The van der Waals surface area contributed by atoms with Crippen molar-refractivity contribution < 1.29 is 0 Å². The molecular weight excluding hydrogens is 384 g/mol. The van der Waals surface area contributed by atoms with Crippen molar-refractivity contribution in [2.24, 2.45) is 5.92 Å². The van der Waals surface area contributed by atoms with Crippen LogP contribution < -0.4 is 5.56 Å². The van der Waals surface area contributed by atoms with Gasteiger partial charge in [0.1, 0.15) is 4.83 Å². The number of hydrogen-bond donors (Lipinski definition) is 0. The van der Waals surface area contributed by atoms with Gasteiger partial charge in [-0.15, -0.1) is 11.3 Å². The molecule has 0 radical (unpaired) electrons. The lowest BCUT2D eigenvalue weighted by Crippen LogP contribution is -2.22. The van der Waals surface area contributed by atoms with E-state index in [9.17, 15) is 4.79 Å². The van der Waals surface area contributed by atoms with Crippen molar-refractivity contribution in [3.05, 3.63) is 50.1 Å². The average Bonchev–Trinajstić information content (AvgIpc) is 2.98. The number of nitrogens with zero attached hydrogens (tertiary/aromatic N) is 2. The molecule has 6 heteroatoms. The Kier molecular flexibility index (Phi) is 5.13. The van der Waals surface area contributed by atoms with Crippen molar-refractivity contribution in [3.63, 3.8) is 0 Å². The Morgan fingerprint density at radius 2 is 2.12 bits per heavy atom. The van der Waals surface area contributed by atoms with Crippen LogP contribution >= 0.6 is 34.7 Å². The van der Waals surface area contributed by atoms with Crippen molar-refractivity contribution in [1.29, 1.82) is 0 Å². The van der Waals surface area contributed by atoms with Gasteiger partial charge in [0.05, 0.1) is 11.1 Å². The smallest absolute Gasteiger partial charge is 0.267 e. The molecule has 136 valence electrons. The largest absolute Gasteiger partial charge is 0.268 e. The zero-order valence-corrected chi connectivity index (χ0v) is 17.3. The maximum absolute atomic E-state index is 13.5. The molecule has 0 aliphatic heterocycles. The van der Waals surface area contributed by atoms with Crippen LogP contribution in [0.25, 0.3) is 15.9 Å². The number of aromatic nitrogens is 2. The number of benzene rings is 1. The van der Waals surface area contributed by atoms with Crippen molar-refractivity contribution in [2.75, 3.05) is 5.75 Å². The second kappa shape index (κ2) is 7.37. The fraction of sp³-hybridized carbons (Fsp3) is 0.400. The van der Waals surface area contributed by atoms with Gasteiger partial charge in [-0.05, 0) is 61.4 Å². The Hall–Kier alpha value is -1.30. The Bertz CT molecular complexity index is 1010. The first-order chi connectivity index (χ1) is 12.6. The Morgan fingerprint density at radius 1 is 1.35 bits per heavy atom. The summed E-state index contributed by atoms with van der Waals surface area (Å²) in [7, 11) is 0. The van der Waals surface area contributed by atoms with Gasteiger partial charge in [0.2, 0.25) is 0 Å². The number of thioether (sulfide) groups is 1. The Morgan fingerprint density at radius 3 is 2.85 bits per heavy atom. The van der Waals surface area contributed by atoms with Crippen LogP contribution in [-0.4, -0.2) is 15.3 Å². The summed E-state index contributed by atoms with van der Waals surface area (Å²) in [6, 6.07) is 7.45. The standard InChI is InChI=1S/C20H21ClN2OS2/c1-3-10-25-20-22-18-17(15-9-4-12(2)11-16(15)26-18)19(24)23(20)14-7-5-13(21)6-8-14/h5-8,12H,3-4,9-11H2,1-2H3. The summed E-state index contributed by atoms with van der Waals surface area (Å²) in [6.07, 6.45) is 4.23. The summed E-state index contributed by atoms with van der Waals surface area (Å²) in [5, 5.41) is 2.27. The van der Waals surface area contributed by atoms with Gasteiger partial charge >= 0.3 is 0 Å². The molecule has 2 aromatic heterocycles. The van der Waals surface area contributed by atoms with E-state index >= 15 is 0 Å². The van der Waals surface area contributed by atoms with E-state index in [0.29, 0.717) is 10.9 Å². The second-order valence-electron chi connectivity index (χ2n) is 6.89. The molecule has 4 rings (SSSR count). The lowest BCUT2D eigenvalue weighted by atomic mass is 9.89. The molecule has 1 unspecified atom stereocenters. The van der Waals surface area contributed by atoms with E-state index in [0.717, 1.165) is 52.5 Å². The minimum absolute atomic E-state index is 0.0583. The molecule has 26 heavy (non-hydrogen) atoms. The Balaban J connectivity index is 1.96. The first kappa shape index (κ1) is 18.1. The zero-order valence-electron chi connectivity index (χ0n) is 14.9. The highest BCUT2D eigenvalue weighted by atomic mass is 35.5. The van der Waals surface area contributed by atoms with Crippen LogP contribution in [0.4, 0.5) is 0 Å². The van der Waals surface area contributed by atoms with E-state index in [-0.39, 0.29) is 5.56 Å². The predicted octanol–water partition coefficient (Wildman–Crippen LogP) is 5.73. The highest BCUT2D eigenvalue weighted by molar-refractivity contribution is 7.99. The molecular formula is C20H21ClN2OS2. The molecule has 1 atom stereocenters. The average molecular weight is 405 g/mol. The normalized spacial score (nSPS) is 16.8. The molecule has 0 bridgehead atoms. The highest BCUT2D eigenvalue weighted by Gasteiger charge is 2.25. The molecule has 1 aliphatic rings. The quantitative estimate of drug-likeness (QED) is 0.411. The van der Waals surface area contributed by atoms with Gasteiger partial charge < -0.3 is 0 Å². The SMILES string of the molecule is CCCSc1nc2sc3c(c2c(=O)n1-c1ccc(Cl)cc1)CCC(C)C3. The molecule has 0 saturated heterocycles. The molecule has 0 amide bonds. The van der Waals surface area contributed by atoms with Gasteiger partial charge in [0.25, 0.3) is 5.56 Å². The summed E-state index contributed by atoms with van der Waals surface area (Å²) >= 11 is 9.40. The molecule has 0 saturated carbocycles. The summed E-state index contributed by atoms with van der Waals surface area (Å²) in [6.45, 7) is 4.43. The van der Waals surface area contributed by atoms with Gasteiger partial charge in [-0.3, -0.25) is 9.36 Å². The molecule has 2 heterocycles. The summed E-state index contributed by atoms with van der Waals surface area (Å²) in [5.41, 5.74) is 2.12. The minimum atomic E-state index is 0.0583. The maximum Gasteiger partial charge on any atom is 0.267 e. The molecule has 1 aromatic carbocycles. The number of rotatable bonds is 4. The Labute approximate surface area is 166 Å². The summed E-state index contributed by atoms with van der Waals surface area (Å²) in [4.78, 5) is 20.7. The number of fused-ring (bicyclic) bond motifs is 3. The first-order valence-electron chi connectivity index (χ1n) is 9.04. The van der Waals surface area contributed by atoms with E-state index in [4.69, 9.17) is 16.6 Å². The summed E-state index contributed by atoms with van der Waals surface area (Å²) in [5.74, 6) is 1.62. The van der Waals surface area contributed by atoms with Crippen molar-refractivity contribution >= 4 is 44.9 Å². The zero-order chi connectivity index (χ0) is 18.3. The van der Waals surface area contributed by atoms with Crippen molar-refractivity contribution in [2.45, 2.75) is 44.7 Å². The fourth-order valence-electron chi connectivity index (χ4n) is 3.48. The third-order valence-corrected chi connectivity index (χ3v) is 7.36. The monoisotopic (exact) mass is 404 g/mol. The van der Waals surface area contributed by atoms with Gasteiger partial charge in [-0.1, -0.05) is 37.2 Å². The molecule has 3 nitrogen and oxygen atoms in total. The summed E-state index contributed by atoms with van der Waals surface area (Å²) < 4.78 is 1.77. The van der Waals surface area contributed by atoms with Crippen LogP contribution in [0.5, 0.6) is 0 Å². The highest BCUT2D eigenvalue weighted by Crippen LogP contribution is 2.37. The number of aryl methyl sites for hydroxylation is 1. The van der Waals surface area contributed by atoms with Gasteiger partial charge in [0, 0.05) is 15.7 Å². The fourth-order valence-corrected chi connectivity index (χ4v) is 5.90. The third-order valence-electron chi connectivity index (χ3n) is 4.82. The van der Waals surface area contributed by atoms with E-state index in [1.165, 1.54) is 10.4 Å². The lowest BCUT2D eigenvalue weighted by molar-refractivity contribution is 0.509. The van der Waals surface area contributed by atoms with Gasteiger partial charge in [0.15, 0.2) is 5.16 Å². The van der Waals surface area contributed by atoms with Crippen LogP contribution in [0.1, 0.15) is 37.1 Å². The molecule has 0 N–H and O–H groups in total. The van der Waals surface area contributed by atoms with Crippen LogP contribution in [0.3, 0.4) is 0 Å². The lowest BCUT2D eigenvalue weighted by Gasteiger charge is -2.17. The molecule has 0 fully saturated rings. The van der Waals surface area contributed by atoms with Crippen LogP contribution in [0, 0.1) is 5.92 Å². The maximum atomic E-state index is 13.5. The van der Waals surface area contributed by atoms with E-state index in [2.05, 4.69) is 13.8 Å². The van der Waals surface area contributed by atoms with Crippen molar-refractivity contribution in [3.8, 4) is 5.69 Å².